The molecule has 0 aliphatic carbocycles. The first-order chi connectivity index (χ1) is 12.2. The van der Waals surface area contributed by atoms with Gasteiger partial charge in [-0.1, -0.05) is 12.1 Å². The van der Waals surface area contributed by atoms with E-state index in [0.29, 0.717) is 35.8 Å². The van der Waals surface area contributed by atoms with Gasteiger partial charge in [0.2, 0.25) is 5.95 Å². The van der Waals surface area contributed by atoms with Gasteiger partial charge in [0.05, 0.1) is 22.7 Å². The van der Waals surface area contributed by atoms with Crippen molar-refractivity contribution in [3.05, 3.63) is 71.1 Å². The SMILES string of the molecule is C=CCNc1nc(NCc2ccccn2)nc2ccc([N+](=O)[O-])cc12. The molecule has 8 heteroatoms. The van der Waals surface area contributed by atoms with E-state index in [1.807, 2.05) is 18.2 Å². The number of nitro benzene ring substituents is 1. The molecular weight excluding hydrogens is 320 g/mol. The van der Waals surface area contributed by atoms with Gasteiger partial charge in [-0.25, -0.2) is 4.98 Å². The summed E-state index contributed by atoms with van der Waals surface area (Å²) in [5.41, 5.74) is 1.46. The van der Waals surface area contributed by atoms with Crippen LogP contribution in [0.3, 0.4) is 0 Å². The van der Waals surface area contributed by atoms with Crippen LogP contribution in [0.1, 0.15) is 5.69 Å². The Morgan fingerprint density at radius 3 is 2.80 bits per heavy atom. The van der Waals surface area contributed by atoms with Gasteiger partial charge >= 0.3 is 0 Å². The Kier molecular flexibility index (Phi) is 4.79. The summed E-state index contributed by atoms with van der Waals surface area (Å²) in [6.45, 7) is 4.62. The van der Waals surface area contributed by atoms with Crippen molar-refractivity contribution in [3.8, 4) is 0 Å². The first-order valence-corrected chi connectivity index (χ1v) is 7.62. The Balaban J connectivity index is 1.95. The Morgan fingerprint density at radius 1 is 1.20 bits per heavy atom. The number of nitrogens with zero attached hydrogens (tertiary/aromatic N) is 4. The Hall–Kier alpha value is -3.55. The molecule has 25 heavy (non-hydrogen) atoms. The van der Waals surface area contributed by atoms with E-state index in [1.165, 1.54) is 12.1 Å². The fraction of sp³-hybridized carbons (Fsp3) is 0.118. The molecule has 2 aromatic heterocycles. The van der Waals surface area contributed by atoms with E-state index in [2.05, 4.69) is 32.2 Å². The standard InChI is InChI=1S/C17H16N6O2/c1-2-8-19-16-14-10-13(23(24)25)6-7-15(14)21-17(22-16)20-11-12-5-3-4-9-18-12/h2-7,9-10H,1,8,11H2,(H2,19,20,21,22). The molecule has 8 nitrogen and oxygen atoms in total. The summed E-state index contributed by atoms with van der Waals surface area (Å²) in [6.07, 6.45) is 3.40. The summed E-state index contributed by atoms with van der Waals surface area (Å²) >= 11 is 0. The van der Waals surface area contributed by atoms with Crippen molar-refractivity contribution in [1.29, 1.82) is 0 Å². The smallest absolute Gasteiger partial charge is 0.270 e. The van der Waals surface area contributed by atoms with Gasteiger partial charge < -0.3 is 10.6 Å². The van der Waals surface area contributed by atoms with E-state index in [-0.39, 0.29) is 5.69 Å². The van der Waals surface area contributed by atoms with E-state index < -0.39 is 4.92 Å². The first-order valence-electron chi connectivity index (χ1n) is 7.62. The molecule has 0 saturated carbocycles. The monoisotopic (exact) mass is 336 g/mol. The Morgan fingerprint density at radius 2 is 2.08 bits per heavy atom. The zero-order valence-electron chi connectivity index (χ0n) is 13.3. The molecule has 0 saturated heterocycles. The lowest BCUT2D eigenvalue weighted by Crippen LogP contribution is -2.08. The van der Waals surface area contributed by atoms with Gasteiger partial charge in [-0.15, -0.1) is 6.58 Å². The van der Waals surface area contributed by atoms with Crippen LogP contribution in [0.2, 0.25) is 0 Å². The van der Waals surface area contributed by atoms with Crippen LogP contribution in [0.4, 0.5) is 17.5 Å². The third-order valence-corrected chi connectivity index (χ3v) is 3.46. The number of hydrogen-bond donors (Lipinski definition) is 2. The molecule has 126 valence electrons. The maximum atomic E-state index is 11.0. The van der Waals surface area contributed by atoms with Crippen molar-refractivity contribution in [1.82, 2.24) is 15.0 Å². The first kappa shape index (κ1) is 16.3. The quantitative estimate of drug-likeness (QED) is 0.388. The maximum absolute atomic E-state index is 11.0. The highest BCUT2D eigenvalue weighted by molar-refractivity contribution is 5.91. The summed E-state index contributed by atoms with van der Waals surface area (Å²) in [6, 6.07) is 10.1. The largest absolute Gasteiger partial charge is 0.366 e. The molecule has 0 aliphatic heterocycles. The van der Waals surface area contributed by atoms with Crippen molar-refractivity contribution in [2.24, 2.45) is 0 Å². The van der Waals surface area contributed by atoms with Crippen LogP contribution in [0, 0.1) is 10.1 Å². The number of nitrogens with one attached hydrogen (secondary N) is 2. The van der Waals surface area contributed by atoms with Gasteiger partial charge in [-0.3, -0.25) is 15.1 Å². The van der Waals surface area contributed by atoms with Crippen LogP contribution in [0.15, 0.2) is 55.3 Å². The molecule has 0 atom stereocenters. The second-order valence-corrected chi connectivity index (χ2v) is 5.20. The Bertz CT molecular complexity index is 914. The second-order valence-electron chi connectivity index (χ2n) is 5.20. The molecule has 0 fully saturated rings. The van der Waals surface area contributed by atoms with Crippen molar-refractivity contribution in [2.75, 3.05) is 17.2 Å². The minimum absolute atomic E-state index is 0.00746. The van der Waals surface area contributed by atoms with Crippen molar-refractivity contribution < 1.29 is 4.92 Å². The molecule has 1 aromatic carbocycles. The number of rotatable bonds is 7. The molecule has 3 rings (SSSR count). The molecule has 3 aromatic rings. The van der Waals surface area contributed by atoms with Crippen molar-refractivity contribution in [2.45, 2.75) is 6.54 Å². The number of anilines is 2. The number of aromatic nitrogens is 3. The lowest BCUT2D eigenvalue weighted by atomic mass is 10.2. The van der Waals surface area contributed by atoms with Gasteiger partial charge in [0.1, 0.15) is 5.82 Å². The van der Waals surface area contributed by atoms with Crippen molar-refractivity contribution >= 4 is 28.4 Å². The number of benzene rings is 1. The molecule has 0 amide bonds. The topological polar surface area (TPSA) is 106 Å². The van der Waals surface area contributed by atoms with Gasteiger partial charge in [-0.05, 0) is 18.2 Å². The van der Waals surface area contributed by atoms with Crippen LogP contribution >= 0.6 is 0 Å². The van der Waals surface area contributed by atoms with Crippen molar-refractivity contribution in [3.63, 3.8) is 0 Å². The molecular formula is C17H16N6O2. The zero-order valence-corrected chi connectivity index (χ0v) is 13.3. The van der Waals surface area contributed by atoms with Gasteiger partial charge in [-0.2, -0.15) is 4.98 Å². The highest BCUT2D eigenvalue weighted by Crippen LogP contribution is 2.26. The fourth-order valence-electron chi connectivity index (χ4n) is 2.28. The summed E-state index contributed by atoms with van der Waals surface area (Å²) in [4.78, 5) is 23.6. The van der Waals surface area contributed by atoms with E-state index in [1.54, 1.807) is 18.3 Å². The molecule has 2 heterocycles. The van der Waals surface area contributed by atoms with Gasteiger partial charge in [0, 0.05) is 30.3 Å². The number of pyridine rings is 1. The zero-order chi connectivity index (χ0) is 17.6. The predicted octanol–water partition coefficient (Wildman–Crippen LogP) is 3.14. The van der Waals surface area contributed by atoms with Gasteiger partial charge in [0.25, 0.3) is 5.69 Å². The van der Waals surface area contributed by atoms with Crippen LogP contribution < -0.4 is 10.6 Å². The minimum atomic E-state index is -0.441. The van der Waals surface area contributed by atoms with Gasteiger partial charge in [0.15, 0.2) is 0 Å². The average Bonchev–Trinajstić information content (AvgIpc) is 2.64. The summed E-state index contributed by atoms with van der Waals surface area (Å²) < 4.78 is 0. The summed E-state index contributed by atoms with van der Waals surface area (Å²) in [5.74, 6) is 0.927. The number of nitro groups is 1. The number of hydrogen-bond acceptors (Lipinski definition) is 7. The molecule has 2 N–H and O–H groups in total. The molecule has 0 bridgehead atoms. The average molecular weight is 336 g/mol. The molecule has 0 radical (unpaired) electrons. The van der Waals surface area contributed by atoms with Crippen LogP contribution in [0.5, 0.6) is 0 Å². The predicted molar refractivity (Wildman–Crippen MR) is 96.4 cm³/mol. The summed E-state index contributed by atoms with van der Waals surface area (Å²) in [5, 5.41) is 17.8. The fourth-order valence-corrected chi connectivity index (χ4v) is 2.28. The number of non-ortho nitro benzene ring substituents is 1. The number of fused-ring (bicyclic) bond motifs is 1. The van der Waals surface area contributed by atoms with Crippen LogP contribution in [0.25, 0.3) is 10.9 Å². The maximum Gasteiger partial charge on any atom is 0.270 e. The Labute approximate surface area is 143 Å². The van der Waals surface area contributed by atoms with E-state index in [9.17, 15) is 10.1 Å². The highest BCUT2D eigenvalue weighted by atomic mass is 16.6. The van der Waals surface area contributed by atoms with Crippen LogP contribution in [-0.2, 0) is 6.54 Å². The van der Waals surface area contributed by atoms with E-state index >= 15 is 0 Å². The molecule has 0 spiro atoms. The lowest BCUT2D eigenvalue weighted by molar-refractivity contribution is -0.384. The lowest BCUT2D eigenvalue weighted by Gasteiger charge is -2.10. The highest BCUT2D eigenvalue weighted by Gasteiger charge is 2.12. The second kappa shape index (κ2) is 7.35. The third kappa shape index (κ3) is 3.86. The minimum Gasteiger partial charge on any atom is -0.366 e. The third-order valence-electron chi connectivity index (χ3n) is 3.46. The van der Waals surface area contributed by atoms with E-state index in [4.69, 9.17) is 0 Å². The molecule has 0 unspecified atom stereocenters. The van der Waals surface area contributed by atoms with Crippen LogP contribution in [-0.4, -0.2) is 26.4 Å². The molecule has 0 aliphatic rings. The normalized spacial score (nSPS) is 10.4. The summed E-state index contributed by atoms with van der Waals surface area (Å²) in [7, 11) is 0. The van der Waals surface area contributed by atoms with E-state index in [0.717, 1.165) is 5.69 Å².